The number of ether oxygens (including phenoxy) is 3. The van der Waals surface area contributed by atoms with Gasteiger partial charge in [0, 0.05) is 11.5 Å². The third-order valence-electron chi connectivity index (χ3n) is 6.67. The van der Waals surface area contributed by atoms with Crippen molar-refractivity contribution in [3.8, 4) is 5.75 Å². The Morgan fingerprint density at radius 1 is 0.800 bits per heavy atom. The van der Waals surface area contributed by atoms with E-state index in [-0.39, 0.29) is 36.5 Å². The molecule has 2 unspecified atom stereocenters. The van der Waals surface area contributed by atoms with Crippen LogP contribution in [0.15, 0.2) is 84.9 Å². The Balaban J connectivity index is 1.22. The van der Waals surface area contributed by atoms with Crippen LogP contribution in [0.2, 0.25) is 0 Å². The van der Waals surface area contributed by atoms with Crippen LogP contribution >= 0.6 is 0 Å². The van der Waals surface area contributed by atoms with Gasteiger partial charge in [0.05, 0.1) is 25.3 Å². The Hall–Kier alpha value is -3.64. The lowest BCUT2D eigenvalue weighted by atomic mass is 9.81. The van der Waals surface area contributed by atoms with Crippen LogP contribution in [-0.4, -0.2) is 42.1 Å². The van der Waals surface area contributed by atoms with Gasteiger partial charge in [0.25, 0.3) is 0 Å². The van der Waals surface area contributed by atoms with Crippen molar-refractivity contribution >= 4 is 11.9 Å². The van der Waals surface area contributed by atoms with E-state index in [1.165, 1.54) is 0 Å². The molecule has 3 aromatic carbocycles. The van der Waals surface area contributed by atoms with Gasteiger partial charge in [-0.1, -0.05) is 72.8 Å². The number of Topliss-reactive ketones (excluding diaryl/α,β-unsaturated/α-hetero) is 1. The summed E-state index contributed by atoms with van der Waals surface area (Å²) in [6, 6.07) is 26.6. The molecule has 6 nitrogen and oxygen atoms in total. The Kier molecular flexibility index (Phi) is 7.09. The molecule has 180 valence electrons. The van der Waals surface area contributed by atoms with Gasteiger partial charge in [-0.15, -0.1) is 0 Å². The van der Waals surface area contributed by atoms with Crippen LogP contribution in [0.3, 0.4) is 0 Å². The monoisotopic (exact) mass is 471 g/mol. The minimum Gasteiger partial charge on any atom is -0.489 e. The zero-order valence-electron chi connectivity index (χ0n) is 19.5. The number of fused-ring (bicyclic) bond motifs is 2. The predicted octanol–water partition coefficient (Wildman–Crippen LogP) is 5.26. The molecule has 0 aliphatic carbocycles. The first kappa shape index (κ1) is 23.1. The molecule has 2 aliphatic rings. The highest BCUT2D eigenvalue weighted by atomic mass is 16.6. The Morgan fingerprint density at radius 2 is 1.43 bits per heavy atom. The lowest BCUT2D eigenvalue weighted by molar-refractivity contribution is -0.0755. The number of carbonyl (C=O) groups excluding carboxylic acids is 2. The van der Waals surface area contributed by atoms with E-state index >= 15 is 0 Å². The minimum atomic E-state index is -0.339. The van der Waals surface area contributed by atoms with Crippen LogP contribution in [0, 0.1) is 5.92 Å². The van der Waals surface area contributed by atoms with Gasteiger partial charge < -0.3 is 14.2 Å². The minimum absolute atomic E-state index is 0.0874. The van der Waals surface area contributed by atoms with Gasteiger partial charge in [0.2, 0.25) is 0 Å². The molecule has 0 spiro atoms. The third-order valence-corrected chi connectivity index (χ3v) is 6.67. The molecule has 2 bridgehead atoms. The Labute approximate surface area is 205 Å². The molecule has 35 heavy (non-hydrogen) atoms. The molecule has 3 aromatic rings. The van der Waals surface area contributed by atoms with E-state index in [2.05, 4.69) is 0 Å². The largest absolute Gasteiger partial charge is 0.489 e. The first-order valence-electron chi connectivity index (χ1n) is 12.0. The maximum Gasteiger partial charge on any atom is 0.410 e. The topological polar surface area (TPSA) is 65.1 Å². The molecule has 2 fully saturated rings. The molecule has 1 amide bonds. The van der Waals surface area contributed by atoms with Crippen molar-refractivity contribution in [1.29, 1.82) is 0 Å². The highest BCUT2D eigenvalue weighted by Crippen LogP contribution is 2.34. The SMILES string of the molecule is O=C(c1cccc(OCc2ccccc2)c1)C1CC2COCC(C1)N2C(=O)OCc1ccccc1. The number of rotatable bonds is 7. The summed E-state index contributed by atoms with van der Waals surface area (Å²) in [6.07, 6.45) is 0.782. The number of benzene rings is 3. The molecule has 2 aliphatic heterocycles. The maximum absolute atomic E-state index is 13.4. The molecule has 5 rings (SSSR count). The van der Waals surface area contributed by atoms with Gasteiger partial charge in [-0.3, -0.25) is 9.69 Å². The van der Waals surface area contributed by atoms with Crippen LogP contribution in [0.4, 0.5) is 4.79 Å². The predicted molar refractivity (Wildman–Crippen MR) is 131 cm³/mol. The van der Waals surface area contributed by atoms with Gasteiger partial charge >= 0.3 is 6.09 Å². The lowest BCUT2D eigenvalue weighted by Crippen LogP contribution is -2.59. The van der Waals surface area contributed by atoms with Crippen molar-refractivity contribution in [1.82, 2.24) is 4.90 Å². The first-order valence-corrected chi connectivity index (χ1v) is 12.0. The van der Waals surface area contributed by atoms with Crippen molar-refractivity contribution in [3.63, 3.8) is 0 Å². The smallest absolute Gasteiger partial charge is 0.410 e. The molecular formula is C29H29NO5. The van der Waals surface area contributed by atoms with E-state index in [0.717, 1.165) is 11.1 Å². The van der Waals surface area contributed by atoms with Crippen LogP contribution < -0.4 is 4.74 Å². The highest BCUT2D eigenvalue weighted by Gasteiger charge is 2.44. The second-order valence-electron chi connectivity index (χ2n) is 9.13. The van der Waals surface area contributed by atoms with Crippen molar-refractivity contribution < 1.29 is 23.8 Å². The standard InChI is InChI=1S/C29H29NO5/c31-28(23-12-7-13-27(16-23)34-17-21-8-3-1-4-9-21)24-14-25-19-33-20-26(15-24)30(25)29(32)35-18-22-10-5-2-6-11-22/h1-13,16,24-26H,14-15,17-20H2. The zero-order chi connectivity index (χ0) is 24.0. The summed E-state index contributed by atoms with van der Waals surface area (Å²) < 4.78 is 17.2. The van der Waals surface area contributed by atoms with Crippen molar-refractivity contribution in [2.24, 2.45) is 5.92 Å². The molecule has 0 radical (unpaired) electrons. The fourth-order valence-electron chi connectivity index (χ4n) is 4.94. The van der Waals surface area contributed by atoms with Gasteiger partial charge in [-0.25, -0.2) is 4.79 Å². The van der Waals surface area contributed by atoms with Crippen LogP contribution in [-0.2, 0) is 22.7 Å². The molecule has 2 heterocycles. The summed E-state index contributed by atoms with van der Waals surface area (Å²) in [6.45, 7) is 1.51. The Morgan fingerprint density at radius 3 is 2.09 bits per heavy atom. The molecule has 6 heteroatoms. The van der Waals surface area contributed by atoms with Crippen LogP contribution in [0.25, 0.3) is 0 Å². The number of morpholine rings is 1. The summed E-state index contributed by atoms with van der Waals surface area (Å²) in [5.41, 5.74) is 2.66. The van der Waals surface area contributed by atoms with Crippen molar-refractivity contribution in [2.75, 3.05) is 13.2 Å². The summed E-state index contributed by atoms with van der Waals surface area (Å²) in [4.78, 5) is 28.1. The number of hydrogen-bond acceptors (Lipinski definition) is 5. The van der Waals surface area contributed by atoms with Crippen LogP contribution in [0.5, 0.6) is 5.75 Å². The van der Waals surface area contributed by atoms with E-state index in [0.29, 0.717) is 44.0 Å². The van der Waals surface area contributed by atoms with Crippen LogP contribution in [0.1, 0.15) is 34.3 Å². The summed E-state index contributed by atoms with van der Waals surface area (Å²) in [7, 11) is 0. The molecule has 2 atom stereocenters. The summed E-state index contributed by atoms with van der Waals surface area (Å²) >= 11 is 0. The van der Waals surface area contributed by atoms with E-state index in [4.69, 9.17) is 14.2 Å². The Bertz CT molecular complexity index is 1140. The van der Waals surface area contributed by atoms with Gasteiger partial charge in [-0.05, 0) is 36.1 Å². The lowest BCUT2D eigenvalue weighted by Gasteiger charge is -2.47. The van der Waals surface area contributed by atoms with Crippen molar-refractivity contribution in [2.45, 2.75) is 38.1 Å². The molecule has 0 aromatic heterocycles. The molecule has 0 N–H and O–H groups in total. The second kappa shape index (κ2) is 10.7. The number of ketones is 1. The van der Waals surface area contributed by atoms with E-state index < -0.39 is 0 Å². The van der Waals surface area contributed by atoms with E-state index in [1.54, 1.807) is 4.90 Å². The normalized spacial score (nSPS) is 21.3. The number of amides is 1. The third kappa shape index (κ3) is 5.54. The molecule has 0 saturated carbocycles. The molecular weight excluding hydrogens is 442 g/mol. The summed E-state index contributed by atoms with van der Waals surface area (Å²) in [5.74, 6) is 0.589. The first-order chi connectivity index (χ1) is 17.2. The molecule has 2 saturated heterocycles. The van der Waals surface area contributed by atoms with E-state index in [9.17, 15) is 9.59 Å². The number of piperidine rings is 1. The van der Waals surface area contributed by atoms with Gasteiger partial charge in [0.1, 0.15) is 19.0 Å². The zero-order valence-corrected chi connectivity index (χ0v) is 19.5. The summed E-state index contributed by atoms with van der Waals surface area (Å²) in [5, 5.41) is 0. The van der Waals surface area contributed by atoms with Crippen molar-refractivity contribution in [3.05, 3.63) is 102 Å². The number of hydrogen-bond donors (Lipinski definition) is 0. The fraction of sp³-hybridized carbons (Fsp3) is 0.310. The quantitative estimate of drug-likeness (QED) is 0.440. The van der Waals surface area contributed by atoms with E-state index in [1.807, 2.05) is 84.9 Å². The van der Waals surface area contributed by atoms with Gasteiger partial charge in [-0.2, -0.15) is 0 Å². The number of carbonyl (C=O) groups is 2. The number of nitrogens with zero attached hydrogens (tertiary/aromatic N) is 1. The maximum atomic E-state index is 13.4. The highest BCUT2D eigenvalue weighted by molar-refractivity contribution is 5.98. The average molecular weight is 472 g/mol. The fourth-order valence-corrected chi connectivity index (χ4v) is 4.94. The van der Waals surface area contributed by atoms with Gasteiger partial charge in [0.15, 0.2) is 5.78 Å². The second-order valence-corrected chi connectivity index (χ2v) is 9.13. The average Bonchev–Trinajstić information content (AvgIpc) is 2.91.